The van der Waals surface area contributed by atoms with Gasteiger partial charge in [-0.25, -0.2) is 0 Å². The van der Waals surface area contributed by atoms with Crippen molar-refractivity contribution in [3.63, 3.8) is 0 Å². The van der Waals surface area contributed by atoms with Crippen LogP contribution in [0.25, 0.3) is 0 Å². The molecular formula is C18H20N4O3. The first-order valence-electron chi connectivity index (χ1n) is 8.45. The van der Waals surface area contributed by atoms with E-state index < -0.39 is 0 Å². The number of aromatic nitrogens is 2. The number of nitrogens with zero attached hydrogens (tertiary/aromatic N) is 3. The molecule has 0 radical (unpaired) electrons. The Morgan fingerprint density at radius 2 is 2.00 bits per heavy atom. The van der Waals surface area contributed by atoms with Crippen LogP contribution >= 0.6 is 0 Å². The Bertz CT molecular complexity index is 770. The fraction of sp³-hybridized carbons (Fsp3) is 0.389. The zero-order chi connectivity index (χ0) is 17.2. The predicted octanol–water partition coefficient (Wildman–Crippen LogP) is 2.23. The van der Waals surface area contributed by atoms with Crippen molar-refractivity contribution in [1.29, 1.82) is 0 Å². The molecule has 1 fully saturated rings. The van der Waals surface area contributed by atoms with Gasteiger partial charge in [-0.15, -0.1) is 5.10 Å². The Morgan fingerprint density at radius 1 is 1.16 bits per heavy atom. The number of para-hydroxylation sites is 1. The van der Waals surface area contributed by atoms with Crippen molar-refractivity contribution in [2.45, 2.75) is 25.8 Å². The number of aryl methyl sites for hydroxylation is 1. The number of ether oxygens (including phenoxy) is 2. The normalized spacial score (nSPS) is 16.8. The van der Waals surface area contributed by atoms with Crippen LogP contribution < -0.4 is 14.8 Å². The molecule has 4 rings (SSSR count). The van der Waals surface area contributed by atoms with E-state index >= 15 is 0 Å². The average molecular weight is 340 g/mol. The van der Waals surface area contributed by atoms with Gasteiger partial charge in [0.2, 0.25) is 6.79 Å². The number of amides is 1. The van der Waals surface area contributed by atoms with Crippen LogP contribution in [0.4, 0.5) is 5.82 Å². The lowest BCUT2D eigenvalue weighted by Gasteiger charge is -2.32. The number of benzene rings is 1. The molecule has 1 aromatic carbocycles. The van der Waals surface area contributed by atoms with E-state index in [-0.39, 0.29) is 12.7 Å². The maximum absolute atomic E-state index is 12.8. The summed E-state index contributed by atoms with van der Waals surface area (Å²) in [5.41, 5.74) is 1.47. The molecule has 2 aliphatic heterocycles. The van der Waals surface area contributed by atoms with Gasteiger partial charge in [-0.3, -0.25) is 4.79 Å². The summed E-state index contributed by atoms with van der Waals surface area (Å²) in [6.07, 6.45) is 1.74. The van der Waals surface area contributed by atoms with E-state index in [9.17, 15) is 4.79 Å². The van der Waals surface area contributed by atoms with E-state index in [1.807, 2.05) is 36.1 Å². The largest absolute Gasteiger partial charge is 0.454 e. The Kier molecular flexibility index (Phi) is 4.13. The number of piperidine rings is 1. The van der Waals surface area contributed by atoms with Gasteiger partial charge in [0, 0.05) is 19.1 Å². The van der Waals surface area contributed by atoms with Gasteiger partial charge < -0.3 is 19.7 Å². The standard InChI is InChI=1S/C18H20N4O3/c1-12-5-6-16(21-20-12)19-13-7-9-22(10-8-13)18(23)14-3-2-4-15-17(14)25-11-24-15/h2-6,13H,7-11H2,1H3,(H,19,21). The van der Waals surface area contributed by atoms with E-state index in [0.717, 1.165) is 24.4 Å². The number of carbonyl (C=O) groups is 1. The second kappa shape index (κ2) is 6.58. The highest BCUT2D eigenvalue weighted by atomic mass is 16.7. The first-order valence-corrected chi connectivity index (χ1v) is 8.45. The van der Waals surface area contributed by atoms with Gasteiger partial charge in [0.25, 0.3) is 5.91 Å². The van der Waals surface area contributed by atoms with Crippen molar-refractivity contribution in [3.05, 3.63) is 41.6 Å². The minimum Gasteiger partial charge on any atom is -0.454 e. The smallest absolute Gasteiger partial charge is 0.257 e. The molecule has 0 saturated carbocycles. The molecule has 3 heterocycles. The molecule has 2 aromatic rings. The highest BCUT2D eigenvalue weighted by Gasteiger charge is 2.28. The van der Waals surface area contributed by atoms with Crippen molar-refractivity contribution < 1.29 is 14.3 Å². The lowest BCUT2D eigenvalue weighted by atomic mass is 10.0. The minimum absolute atomic E-state index is 0.00377. The number of carbonyl (C=O) groups excluding carboxylic acids is 1. The topological polar surface area (TPSA) is 76.6 Å². The second-order valence-corrected chi connectivity index (χ2v) is 6.31. The maximum Gasteiger partial charge on any atom is 0.257 e. The first-order chi connectivity index (χ1) is 12.2. The fourth-order valence-electron chi connectivity index (χ4n) is 3.18. The van der Waals surface area contributed by atoms with E-state index in [4.69, 9.17) is 9.47 Å². The molecule has 2 aliphatic rings. The summed E-state index contributed by atoms with van der Waals surface area (Å²) in [6.45, 7) is 3.47. The molecule has 1 aromatic heterocycles. The highest BCUT2D eigenvalue weighted by molar-refractivity contribution is 5.98. The third kappa shape index (κ3) is 3.22. The zero-order valence-corrected chi connectivity index (χ0v) is 14.1. The van der Waals surface area contributed by atoms with Gasteiger partial charge >= 0.3 is 0 Å². The Labute approximate surface area is 146 Å². The molecular weight excluding hydrogens is 320 g/mol. The maximum atomic E-state index is 12.8. The summed E-state index contributed by atoms with van der Waals surface area (Å²) < 4.78 is 10.8. The molecule has 0 atom stereocenters. The van der Waals surface area contributed by atoms with Crippen LogP contribution in [0.2, 0.25) is 0 Å². The Hall–Kier alpha value is -2.83. The fourth-order valence-corrected chi connectivity index (χ4v) is 3.18. The lowest BCUT2D eigenvalue weighted by molar-refractivity contribution is 0.0714. The summed E-state index contributed by atoms with van der Waals surface area (Å²) in [5.74, 6) is 1.97. The quantitative estimate of drug-likeness (QED) is 0.923. The number of rotatable bonds is 3. The molecule has 7 nitrogen and oxygen atoms in total. The molecule has 7 heteroatoms. The van der Waals surface area contributed by atoms with Crippen LogP contribution in [0.15, 0.2) is 30.3 Å². The number of hydrogen-bond acceptors (Lipinski definition) is 6. The average Bonchev–Trinajstić information content (AvgIpc) is 3.12. The summed E-state index contributed by atoms with van der Waals surface area (Å²) >= 11 is 0. The molecule has 0 spiro atoms. The van der Waals surface area contributed by atoms with Gasteiger partial charge in [0.05, 0.1) is 11.3 Å². The summed E-state index contributed by atoms with van der Waals surface area (Å²) in [7, 11) is 0. The first kappa shape index (κ1) is 15.7. The van der Waals surface area contributed by atoms with E-state index in [1.165, 1.54) is 0 Å². The van der Waals surface area contributed by atoms with Crippen LogP contribution in [0.3, 0.4) is 0 Å². The SMILES string of the molecule is Cc1ccc(NC2CCN(C(=O)c3cccc4c3OCO4)CC2)nn1. The highest BCUT2D eigenvalue weighted by Crippen LogP contribution is 2.36. The number of fused-ring (bicyclic) bond motifs is 1. The van der Waals surface area contributed by atoms with Crippen molar-refractivity contribution in [2.75, 3.05) is 25.2 Å². The summed E-state index contributed by atoms with van der Waals surface area (Å²) in [4.78, 5) is 14.7. The number of likely N-dealkylation sites (tertiary alicyclic amines) is 1. The van der Waals surface area contributed by atoms with Crippen LogP contribution in [-0.2, 0) is 0 Å². The monoisotopic (exact) mass is 340 g/mol. The van der Waals surface area contributed by atoms with Crippen LogP contribution in [0, 0.1) is 6.92 Å². The molecule has 1 amide bonds. The van der Waals surface area contributed by atoms with Crippen LogP contribution in [0.1, 0.15) is 28.9 Å². The summed E-state index contributed by atoms with van der Waals surface area (Å²) in [6, 6.07) is 9.60. The van der Waals surface area contributed by atoms with E-state index in [0.29, 0.717) is 36.2 Å². The second-order valence-electron chi connectivity index (χ2n) is 6.31. The number of nitrogens with one attached hydrogen (secondary N) is 1. The zero-order valence-electron chi connectivity index (χ0n) is 14.1. The molecule has 1 saturated heterocycles. The van der Waals surface area contributed by atoms with Crippen molar-refractivity contribution in [3.8, 4) is 11.5 Å². The number of anilines is 1. The van der Waals surface area contributed by atoms with Gasteiger partial charge in [0.1, 0.15) is 5.82 Å². The van der Waals surface area contributed by atoms with Crippen LogP contribution in [-0.4, -0.2) is 46.9 Å². The minimum atomic E-state index is -0.00377. The van der Waals surface area contributed by atoms with E-state index in [2.05, 4.69) is 15.5 Å². The summed E-state index contributed by atoms with van der Waals surface area (Å²) in [5, 5.41) is 11.6. The van der Waals surface area contributed by atoms with E-state index in [1.54, 1.807) is 6.07 Å². The molecule has 25 heavy (non-hydrogen) atoms. The molecule has 0 bridgehead atoms. The molecule has 0 unspecified atom stereocenters. The third-order valence-electron chi connectivity index (χ3n) is 4.56. The lowest BCUT2D eigenvalue weighted by Crippen LogP contribution is -2.42. The van der Waals surface area contributed by atoms with Gasteiger partial charge in [-0.1, -0.05) is 6.07 Å². The Balaban J connectivity index is 1.38. The van der Waals surface area contributed by atoms with Gasteiger partial charge in [-0.2, -0.15) is 5.10 Å². The molecule has 1 N–H and O–H groups in total. The van der Waals surface area contributed by atoms with Gasteiger partial charge in [-0.05, 0) is 44.0 Å². The molecule has 130 valence electrons. The van der Waals surface area contributed by atoms with Crippen molar-refractivity contribution in [2.24, 2.45) is 0 Å². The third-order valence-corrected chi connectivity index (χ3v) is 4.56. The van der Waals surface area contributed by atoms with Gasteiger partial charge in [0.15, 0.2) is 11.5 Å². The van der Waals surface area contributed by atoms with Crippen molar-refractivity contribution >= 4 is 11.7 Å². The van der Waals surface area contributed by atoms with Crippen LogP contribution in [0.5, 0.6) is 11.5 Å². The predicted molar refractivity (Wildman–Crippen MR) is 91.9 cm³/mol. The molecule has 0 aliphatic carbocycles. The number of hydrogen-bond donors (Lipinski definition) is 1. The van der Waals surface area contributed by atoms with Crippen molar-refractivity contribution in [1.82, 2.24) is 15.1 Å². The Morgan fingerprint density at radius 3 is 2.76 bits per heavy atom.